The molecule has 0 saturated heterocycles. The number of halogens is 3. The number of anilines is 1. The second-order valence-electron chi connectivity index (χ2n) is 4.40. The smallest absolute Gasteiger partial charge is 0.276 e. The van der Waals surface area contributed by atoms with Gasteiger partial charge >= 0.3 is 0 Å². The Kier molecular flexibility index (Phi) is 6.80. The van der Waals surface area contributed by atoms with Gasteiger partial charge in [-0.2, -0.15) is 5.06 Å². The first-order valence-electron chi connectivity index (χ1n) is 6.35. The zero-order valence-electron chi connectivity index (χ0n) is 11.5. The summed E-state index contributed by atoms with van der Waals surface area (Å²) in [7, 11) is 0. The van der Waals surface area contributed by atoms with Crippen LogP contribution in [0, 0.1) is 17.5 Å². The summed E-state index contributed by atoms with van der Waals surface area (Å²) in [5.74, 6) is -5.65. The van der Waals surface area contributed by atoms with Gasteiger partial charge in [0.15, 0.2) is 17.5 Å². The van der Waals surface area contributed by atoms with Gasteiger partial charge < -0.3 is 10.5 Å². The number of hydrogen-bond donors (Lipinski definition) is 2. The molecule has 0 aliphatic heterocycles. The second kappa shape index (κ2) is 8.35. The highest BCUT2D eigenvalue weighted by Gasteiger charge is 2.20. The molecule has 1 rings (SSSR count). The molecule has 3 N–H and O–H groups in total. The van der Waals surface area contributed by atoms with E-state index in [1.54, 1.807) is 0 Å². The van der Waals surface area contributed by atoms with Crippen LogP contribution >= 0.6 is 0 Å². The number of nitrogens with two attached hydrogens (primary N) is 1. The number of carbonyl (C=O) groups excluding carboxylic acids is 2. The van der Waals surface area contributed by atoms with E-state index in [0.717, 1.165) is 0 Å². The van der Waals surface area contributed by atoms with E-state index < -0.39 is 41.6 Å². The van der Waals surface area contributed by atoms with E-state index >= 15 is 0 Å². The van der Waals surface area contributed by atoms with Crippen molar-refractivity contribution in [2.45, 2.75) is 19.3 Å². The molecule has 6 nitrogen and oxygen atoms in total. The van der Waals surface area contributed by atoms with Crippen molar-refractivity contribution in [2.75, 3.05) is 18.3 Å². The minimum atomic E-state index is -1.44. The van der Waals surface area contributed by atoms with Crippen LogP contribution in [0.2, 0.25) is 0 Å². The minimum Gasteiger partial charge on any atom is -0.372 e. The van der Waals surface area contributed by atoms with Gasteiger partial charge in [0.05, 0.1) is 0 Å². The van der Waals surface area contributed by atoms with Gasteiger partial charge in [-0.25, -0.2) is 13.2 Å². The average molecular weight is 320 g/mol. The first-order valence-corrected chi connectivity index (χ1v) is 6.35. The van der Waals surface area contributed by atoms with Gasteiger partial charge in [0.2, 0.25) is 5.91 Å². The molecule has 0 bridgehead atoms. The van der Waals surface area contributed by atoms with Gasteiger partial charge in [0.25, 0.3) is 5.91 Å². The number of unbranched alkanes of at least 4 members (excludes halogenated alkanes) is 1. The van der Waals surface area contributed by atoms with E-state index in [1.165, 1.54) is 0 Å². The Balaban J connectivity index is 2.45. The number of nitrogens with zero attached hydrogens (tertiary/aromatic N) is 1. The van der Waals surface area contributed by atoms with Crippen molar-refractivity contribution < 1.29 is 32.7 Å². The lowest BCUT2D eigenvalue weighted by molar-refractivity contribution is -0.128. The number of amides is 2. The Labute approximate surface area is 124 Å². The molecule has 9 heteroatoms. The first-order chi connectivity index (χ1) is 10.3. The highest BCUT2D eigenvalue weighted by Crippen LogP contribution is 2.21. The van der Waals surface area contributed by atoms with Crippen molar-refractivity contribution in [3.05, 3.63) is 29.6 Å². The summed E-state index contributed by atoms with van der Waals surface area (Å²) in [6, 6.07) is 0.571. The fraction of sp³-hybridized carbons (Fsp3) is 0.385. The Morgan fingerprint density at radius 1 is 1.14 bits per heavy atom. The summed E-state index contributed by atoms with van der Waals surface area (Å²) in [6.45, 7) is -0.474. The number of ether oxygens (including phenoxy) is 1. The number of rotatable bonds is 8. The quantitative estimate of drug-likeness (QED) is 0.328. The van der Waals surface area contributed by atoms with Crippen LogP contribution in [0.1, 0.15) is 19.3 Å². The largest absolute Gasteiger partial charge is 0.372 e. The molecule has 0 heterocycles. The standard InChI is InChI=1S/C13H15F3N2O4/c14-8-5-10(16)11(6-9(8)15)18(21)13(20)7-22-4-2-1-3-12(17)19/h5-6,21H,1-4,7H2,(H2,17,19). The Bertz CT molecular complexity index is 554. The van der Waals surface area contributed by atoms with Crippen molar-refractivity contribution in [1.82, 2.24) is 0 Å². The molecule has 0 spiro atoms. The molecule has 1 aromatic rings. The number of hydrogen-bond acceptors (Lipinski definition) is 4. The molecule has 0 unspecified atom stereocenters. The van der Waals surface area contributed by atoms with Crippen molar-refractivity contribution in [1.29, 1.82) is 0 Å². The van der Waals surface area contributed by atoms with Crippen LogP contribution < -0.4 is 10.8 Å². The summed E-state index contributed by atoms with van der Waals surface area (Å²) in [5.41, 5.74) is 4.11. The molecular formula is C13H15F3N2O4. The van der Waals surface area contributed by atoms with Crippen molar-refractivity contribution in [3.8, 4) is 0 Å². The highest BCUT2D eigenvalue weighted by atomic mass is 19.2. The van der Waals surface area contributed by atoms with Gasteiger partial charge in [-0.05, 0) is 12.8 Å². The molecular weight excluding hydrogens is 305 g/mol. The van der Waals surface area contributed by atoms with Gasteiger partial charge in [-0.3, -0.25) is 14.8 Å². The topological polar surface area (TPSA) is 92.9 Å². The summed E-state index contributed by atoms with van der Waals surface area (Å²) in [6.07, 6.45) is 1.12. The lowest BCUT2D eigenvalue weighted by Crippen LogP contribution is -2.31. The van der Waals surface area contributed by atoms with Crippen LogP contribution in [-0.4, -0.2) is 30.2 Å². The molecule has 0 aliphatic rings. The summed E-state index contributed by atoms with van der Waals surface area (Å²) in [5, 5.41) is 9.32. The number of primary amides is 1. The van der Waals surface area contributed by atoms with Gasteiger partial charge in [-0.1, -0.05) is 0 Å². The molecule has 2 amide bonds. The maximum Gasteiger partial charge on any atom is 0.276 e. The molecule has 122 valence electrons. The van der Waals surface area contributed by atoms with E-state index in [4.69, 9.17) is 10.5 Å². The molecule has 0 saturated carbocycles. The molecule has 0 fully saturated rings. The Morgan fingerprint density at radius 3 is 2.41 bits per heavy atom. The number of carbonyl (C=O) groups is 2. The van der Waals surface area contributed by atoms with Crippen LogP contribution in [0.5, 0.6) is 0 Å². The maximum atomic E-state index is 13.4. The zero-order valence-corrected chi connectivity index (χ0v) is 11.5. The van der Waals surface area contributed by atoms with E-state index in [-0.39, 0.29) is 24.2 Å². The predicted molar refractivity (Wildman–Crippen MR) is 69.5 cm³/mol. The Hall–Kier alpha value is -2.13. The SMILES string of the molecule is NC(=O)CCCCOCC(=O)N(O)c1cc(F)c(F)cc1F. The van der Waals surface area contributed by atoms with E-state index in [9.17, 15) is 28.0 Å². The third-order valence-corrected chi connectivity index (χ3v) is 2.64. The highest BCUT2D eigenvalue weighted by molar-refractivity contribution is 5.92. The van der Waals surface area contributed by atoms with Crippen LogP contribution in [0.15, 0.2) is 12.1 Å². The maximum absolute atomic E-state index is 13.4. The lowest BCUT2D eigenvalue weighted by atomic mass is 10.2. The van der Waals surface area contributed by atoms with Crippen LogP contribution in [0.3, 0.4) is 0 Å². The fourth-order valence-corrected chi connectivity index (χ4v) is 1.53. The van der Waals surface area contributed by atoms with Gasteiger partial charge in [0.1, 0.15) is 12.3 Å². The molecule has 0 aromatic heterocycles. The molecule has 0 radical (unpaired) electrons. The molecule has 0 aliphatic carbocycles. The number of hydroxylamine groups is 1. The molecule has 1 aromatic carbocycles. The fourth-order valence-electron chi connectivity index (χ4n) is 1.53. The van der Waals surface area contributed by atoms with E-state index in [2.05, 4.69) is 0 Å². The zero-order chi connectivity index (χ0) is 16.7. The summed E-state index contributed by atoms with van der Waals surface area (Å²) < 4.78 is 44.0. The molecule has 0 atom stereocenters. The first kappa shape index (κ1) is 17.9. The van der Waals surface area contributed by atoms with E-state index in [0.29, 0.717) is 18.9 Å². The average Bonchev–Trinajstić information content (AvgIpc) is 2.45. The van der Waals surface area contributed by atoms with Gasteiger partial charge in [-0.15, -0.1) is 0 Å². The second-order valence-corrected chi connectivity index (χ2v) is 4.40. The normalized spacial score (nSPS) is 10.5. The van der Waals surface area contributed by atoms with E-state index in [1.807, 2.05) is 0 Å². The van der Waals surface area contributed by atoms with Gasteiger partial charge in [0, 0.05) is 25.2 Å². The van der Waals surface area contributed by atoms with Crippen molar-refractivity contribution in [3.63, 3.8) is 0 Å². The van der Waals surface area contributed by atoms with Crippen molar-refractivity contribution >= 4 is 17.5 Å². The predicted octanol–water partition coefficient (Wildman–Crippen LogP) is 1.50. The van der Waals surface area contributed by atoms with Crippen LogP contribution in [-0.2, 0) is 14.3 Å². The van der Waals surface area contributed by atoms with Crippen LogP contribution in [0.25, 0.3) is 0 Å². The third-order valence-electron chi connectivity index (χ3n) is 2.64. The summed E-state index contributed by atoms with van der Waals surface area (Å²) >= 11 is 0. The number of benzene rings is 1. The van der Waals surface area contributed by atoms with Crippen molar-refractivity contribution in [2.24, 2.45) is 5.73 Å². The third kappa shape index (κ3) is 5.34. The lowest BCUT2D eigenvalue weighted by Gasteiger charge is -2.16. The Morgan fingerprint density at radius 2 is 1.77 bits per heavy atom. The monoisotopic (exact) mass is 320 g/mol. The summed E-state index contributed by atoms with van der Waals surface area (Å²) in [4.78, 5) is 22.0. The molecule has 22 heavy (non-hydrogen) atoms. The minimum absolute atomic E-state index is 0.118. The van der Waals surface area contributed by atoms with Crippen LogP contribution in [0.4, 0.5) is 18.9 Å².